The molecule has 0 aliphatic rings. The van der Waals surface area contributed by atoms with Gasteiger partial charge >= 0.3 is 18.0 Å². The summed E-state index contributed by atoms with van der Waals surface area (Å²) >= 11 is 0. The Bertz CT molecular complexity index is 306. The second kappa shape index (κ2) is 6.07. The number of carboxylic acid groups (broad SMARTS) is 1. The van der Waals surface area contributed by atoms with Crippen molar-refractivity contribution in [1.82, 2.24) is 5.32 Å². The quantitative estimate of drug-likeness (QED) is 0.555. The molecule has 0 saturated heterocycles. The lowest BCUT2D eigenvalue weighted by Crippen LogP contribution is -2.48. The molecule has 0 aromatic heterocycles. The van der Waals surface area contributed by atoms with Crippen LogP contribution in [0.25, 0.3) is 0 Å². The molecule has 0 unspecified atom stereocenters. The molecule has 1 amide bonds. The van der Waals surface area contributed by atoms with Crippen LogP contribution in [0.4, 0.5) is 4.79 Å². The third-order valence-electron chi connectivity index (χ3n) is 1.43. The van der Waals surface area contributed by atoms with E-state index in [4.69, 9.17) is 9.84 Å². The Morgan fingerprint density at radius 2 is 1.82 bits per heavy atom. The van der Waals surface area contributed by atoms with E-state index in [9.17, 15) is 14.4 Å². The largest absolute Gasteiger partial charge is 0.479 e. The van der Waals surface area contributed by atoms with Crippen molar-refractivity contribution in [2.45, 2.75) is 39.3 Å². The van der Waals surface area contributed by atoms with Crippen LogP contribution in [0.5, 0.6) is 0 Å². The summed E-state index contributed by atoms with van der Waals surface area (Å²) in [6, 6.07) is -1.76. The minimum absolute atomic E-state index is 0.0264. The first-order valence-corrected chi connectivity index (χ1v) is 5.06. The fraction of sp³-hybridized carbons (Fsp3) is 0.700. The summed E-state index contributed by atoms with van der Waals surface area (Å²) in [4.78, 5) is 33.2. The third kappa shape index (κ3) is 6.39. The first kappa shape index (κ1) is 15.2. The fourth-order valence-corrected chi connectivity index (χ4v) is 0.872. The summed E-state index contributed by atoms with van der Waals surface area (Å²) in [6.45, 7) is 6.41. The molecule has 7 nitrogen and oxygen atoms in total. The molecule has 0 aromatic carbocycles. The van der Waals surface area contributed by atoms with Crippen LogP contribution in [0.15, 0.2) is 0 Å². The SMILES string of the molecule is CCOC(=O)[C@H](NC(=O)OC(C)(C)C)C(=O)O. The summed E-state index contributed by atoms with van der Waals surface area (Å²) in [7, 11) is 0. The minimum Gasteiger partial charge on any atom is -0.479 e. The van der Waals surface area contributed by atoms with Crippen LogP contribution in [0.2, 0.25) is 0 Å². The number of amides is 1. The van der Waals surface area contributed by atoms with Crippen LogP contribution in [-0.4, -0.2) is 41.4 Å². The van der Waals surface area contributed by atoms with Crippen LogP contribution in [0.3, 0.4) is 0 Å². The molecule has 7 heteroatoms. The second-order valence-electron chi connectivity index (χ2n) is 4.17. The zero-order valence-electron chi connectivity index (χ0n) is 10.3. The number of esters is 1. The molecule has 0 aliphatic heterocycles. The van der Waals surface area contributed by atoms with E-state index >= 15 is 0 Å². The number of aliphatic carboxylic acids is 1. The highest BCUT2D eigenvalue weighted by atomic mass is 16.6. The van der Waals surface area contributed by atoms with Gasteiger partial charge in [-0.15, -0.1) is 0 Å². The number of carboxylic acids is 1. The normalized spacial score (nSPS) is 12.5. The Balaban J connectivity index is 4.51. The summed E-state index contributed by atoms with van der Waals surface area (Å²) in [5, 5.41) is 10.7. The molecule has 0 spiro atoms. The fourth-order valence-electron chi connectivity index (χ4n) is 0.872. The van der Waals surface area contributed by atoms with Gasteiger partial charge in [-0.3, -0.25) is 5.32 Å². The van der Waals surface area contributed by atoms with Gasteiger partial charge in [0.1, 0.15) is 5.60 Å². The maximum Gasteiger partial charge on any atom is 0.408 e. The number of ether oxygens (including phenoxy) is 2. The average Bonchev–Trinajstić information content (AvgIpc) is 2.11. The lowest BCUT2D eigenvalue weighted by molar-refractivity contribution is -0.154. The van der Waals surface area contributed by atoms with E-state index in [2.05, 4.69) is 4.74 Å². The van der Waals surface area contributed by atoms with Crippen molar-refractivity contribution < 1.29 is 29.0 Å². The second-order valence-corrected chi connectivity index (χ2v) is 4.17. The Morgan fingerprint density at radius 1 is 1.29 bits per heavy atom. The number of nitrogens with one attached hydrogen (secondary N) is 1. The van der Waals surface area contributed by atoms with Crippen molar-refractivity contribution in [1.29, 1.82) is 0 Å². The molecule has 98 valence electrons. The zero-order valence-corrected chi connectivity index (χ0v) is 10.3. The summed E-state index contributed by atoms with van der Waals surface area (Å²) in [5.74, 6) is -2.54. The Kier molecular flexibility index (Phi) is 5.43. The Labute approximate surface area is 99.1 Å². The van der Waals surface area contributed by atoms with Gasteiger partial charge in [0, 0.05) is 0 Å². The van der Waals surface area contributed by atoms with Crippen LogP contribution in [-0.2, 0) is 19.1 Å². The molecular weight excluding hydrogens is 230 g/mol. The highest BCUT2D eigenvalue weighted by Gasteiger charge is 2.31. The lowest BCUT2D eigenvalue weighted by Gasteiger charge is -2.21. The van der Waals surface area contributed by atoms with Crippen molar-refractivity contribution in [3.63, 3.8) is 0 Å². The van der Waals surface area contributed by atoms with Crippen molar-refractivity contribution >= 4 is 18.0 Å². The van der Waals surface area contributed by atoms with Crippen molar-refractivity contribution in [2.24, 2.45) is 0 Å². The lowest BCUT2D eigenvalue weighted by atomic mass is 10.2. The molecule has 0 rings (SSSR count). The van der Waals surface area contributed by atoms with Crippen LogP contribution in [0.1, 0.15) is 27.7 Å². The van der Waals surface area contributed by atoms with E-state index in [1.807, 2.05) is 5.32 Å². The molecule has 0 saturated carbocycles. The molecule has 17 heavy (non-hydrogen) atoms. The van der Waals surface area contributed by atoms with Crippen LogP contribution in [0, 0.1) is 0 Å². The van der Waals surface area contributed by atoms with Crippen LogP contribution < -0.4 is 5.32 Å². The summed E-state index contributed by atoms with van der Waals surface area (Å²) in [5.41, 5.74) is -0.776. The molecular formula is C10H17NO6. The molecule has 0 fully saturated rings. The van der Waals surface area contributed by atoms with Gasteiger partial charge in [0.25, 0.3) is 0 Å². The van der Waals surface area contributed by atoms with Crippen molar-refractivity contribution in [2.75, 3.05) is 6.61 Å². The van der Waals surface area contributed by atoms with Gasteiger partial charge in [-0.05, 0) is 27.7 Å². The topological polar surface area (TPSA) is 102 Å². The van der Waals surface area contributed by atoms with E-state index < -0.39 is 29.7 Å². The minimum atomic E-state index is -1.76. The molecule has 0 aliphatic carbocycles. The standard InChI is InChI=1S/C10H17NO6/c1-5-16-8(14)6(7(12)13)11-9(15)17-10(2,3)4/h6H,5H2,1-4H3,(H,11,15)(H,12,13)/t6-/m1/s1. The predicted molar refractivity (Wildman–Crippen MR) is 57.4 cm³/mol. The zero-order chi connectivity index (χ0) is 13.6. The highest BCUT2D eigenvalue weighted by Crippen LogP contribution is 2.07. The van der Waals surface area contributed by atoms with Gasteiger partial charge in [-0.1, -0.05) is 0 Å². The monoisotopic (exact) mass is 247 g/mol. The number of carbonyl (C=O) groups excluding carboxylic acids is 2. The Hall–Kier alpha value is -1.79. The number of carbonyl (C=O) groups is 3. The Morgan fingerprint density at radius 3 is 2.18 bits per heavy atom. The molecule has 0 bridgehead atoms. The first-order valence-electron chi connectivity index (χ1n) is 5.06. The highest BCUT2D eigenvalue weighted by molar-refractivity contribution is 6.00. The summed E-state index contributed by atoms with van der Waals surface area (Å²) in [6.07, 6.45) is -0.988. The number of hydrogen-bond donors (Lipinski definition) is 2. The summed E-state index contributed by atoms with van der Waals surface area (Å²) < 4.78 is 9.33. The number of rotatable bonds is 4. The molecule has 0 radical (unpaired) electrons. The average molecular weight is 247 g/mol. The molecule has 0 aromatic rings. The van der Waals surface area contributed by atoms with E-state index in [1.165, 1.54) is 6.92 Å². The van der Waals surface area contributed by atoms with Crippen LogP contribution >= 0.6 is 0 Å². The first-order chi connectivity index (χ1) is 7.67. The number of hydrogen-bond acceptors (Lipinski definition) is 5. The van der Waals surface area contributed by atoms with E-state index in [0.29, 0.717) is 0 Å². The molecule has 2 N–H and O–H groups in total. The van der Waals surface area contributed by atoms with Gasteiger partial charge in [-0.2, -0.15) is 0 Å². The van der Waals surface area contributed by atoms with Gasteiger partial charge in [0.2, 0.25) is 6.04 Å². The van der Waals surface area contributed by atoms with Gasteiger partial charge in [0.15, 0.2) is 0 Å². The number of alkyl carbamates (subject to hydrolysis) is 1. The van der Waals surface area contributed by atoms with E-state index in [0.717, 1.165) is 0 Å². The maximum absolute atomic E-state index is 11.3. The molecule has 0 heterocycles. The predicted octanol–water partition coefficient (Wildman–Crippen LogP) is 0.527. The van der Waals surface area contributed by atoms with E-state index in [1.54, 1.807) is 20.8 Å². The van der Waals surface area contributed by atoms with E-state index in [-0.39, 0.29) is 6.61 Å². The van der Waals surface area contributed by atoms with Gasteiger partial charge in [0.05, 0.1) is 6.61 Å². The maximum atomic E-state index is 11.3. The smallest absolute Gasteiger partial charge is 0.408 e. The molecule has 1 atom stereocenters. The van der Waals surface area contributed by atoms with Gasteiger partial charge < -0.3 is 14.6 Å². The van der Waals surface area contributed by atoms with Gasteiger partial charge in [-0.25, -0.2) is 14.4 Å². The van der Waals surface area contributed by atoms with Crippen molar-refractivity contribution in [3.05, 3.63) is 0 Å². The van der Waals surface area contributed by atoms with Crippen molar-refractivity contribution in [3.8, 4) is 0 Å². The third-order valence-corrected chi connectivity index (χ3v) is 1.43.